The van der Waals surface area contributed by atoms with Gasteiger partial charge in [-0.1, -0.05) is 19.1 Å². The molecular formula is C15H22FNO. The molecule has 1 fully saturated rings. The molecule has 0 radical (unpaired) electrons. The van der Waals surface area contributed by atoms with E-state index in [1.165, 1.54) is 12.5 Å². The maximum Gasteiger partial charge on any atom is 0.146 e. The maximum absolute atomic E-state index is 14.2. The highest BCUT2D eigenvalue weighted by Crippen LogP contribution is 2.34. The number of halogens is 1. The normalized spacial score (nSPS) is 22.0. The third kappa shape index (κ3) is 2.51. The zero-order valence-corrected chi connectivity index (χ0v) is 11.2. The van der Waals surface area contributed by atoms with Crippen LogP contribution in [0, 0.1) is 5.82 Å². The lowest BCUT2D eigenvalue weighted by atomic mass is 9.97. The zero-order chi connectivity index (χ0) is 13.1. The number of hydrogen-bond acceptors (Lipinski definition) is 2. The van der Waals surface area contributed by atoms with Gasteiger partial charge in [0, 0.05) is 18.2 Å². The topological polar surface area (TPSA) is 23.5 Å². The number of aliphatic hydroxyl groups excluding tert-OH is 1. The van der Waals surface area contributed by atoms with Gasteiger partial charge >= 0.3 is 0 Å². The van der Waals surface area contributed by atoms with Gasteiger partial charge in [-0.05, 0) is 38.7 Å². The molecule has 100 valence electrons. The molecule has 18 heavy (non-hydrogen) atoms. The maximum atomic E-state index is 14.2. The van der Waals surface area contributed by atoms with Crippen LogP contribution in [0.4, 0.5) is 10.1 Å². The number of benzene rings is 1. The average molecular weight is 251 g/mol. The van der Waals surface area contributed by atoms with Gasteiger partial charge in [-0.15, -0.1) is 0 Å². The van der Waals surface area contributed by atoms with Crippen LogP contribution in [0.2, 0.25) is 0 Å². The smallest absolute Gasteiger partial charge is 0.146 e. The Morgan fingerprint density at radius 2 is 2.22 bits per heavy atom. The molecule has 1 aromatic rings. The SMILES string of the molecule is CCC1CCCCN1c1c(F)cccc1[C@H](C)O. The second kappa shape index (κ2) is 5.70. The molecule has 0 spiro atoms. The molecule has 2 rings (SSSR count). The van der Waals surface area contributed by atoms with E-state index in [0.29, 0.717) is 17.3 Å². The van der Waals surface area contributed by atoms with E-state index in [0.717, 1.165) is 25.8 Å². The van der Waals surface area contributed by atoms with E-state index in [4.69, 9.17) is 0 Å². The van der Waals surface area contributed by atoms with Crippen molar-refractivity contribution in [3.63, 3.8) is 0 Å². The first-order valence-corrected chi connectivity index (χ1v) is 6.88. The fraction of sp³-hybridized carbons (Fsp3) is 0.600. The van der Waals surface area contributed by atoms with E-state index in [-0.39, 0.29) is 5.82 Å². The summed E-state index contributed by atoms with van der Waals surface area (Å²) in [7, 11) is 0. The monoisotopic (exact) mass is 251 g/mol. The Morgan fingerprint density at radius 3 is 2.89 bits per heavy atom. The van der Waals surface area contributed by atoms with Crippen LogP contribution in [-0.2, 0) is 0 Å². The molecule has 1 aliphatic rings. The van der Waals surface area contributed by atoms with Crippen LogP contribution in [-0.4, -0.2) is 17.7 Å². The third-order valence-corrected chi connectivity index (χ3v) is 3.85. The minimum absolute atomic E-state index is 0.214. The molecule has 1 unspecified atom stereocenters. The predicted octanol–water partition coefficient (Wildman–Crippen LogP) is 3.65. The van der Waals surface area contributed by atoms with E-state index >= 15 is 0 Å². The van der Waals surface area contributed by atoms with Crippen LogP contribution in [0.3, 0.4) is 0 Å². The lowest BCUT2D eigenvalue weighted by molar-refractivity contribution is 0.198. The van der Waals surface area contributed by atoms with E-state index in [1.54, 1.807) is 13.0 Å². The molecule has 0 aromatic heterocycles. The van der Waals surface area contributed by atoms with Crippen LogP contribution in [0.15, 0.2) is 18.2 Å². The molecule has 0 saturated carbocycles. The molecule has 0 bridgehead atoms. The molecule has 1 heterocycles. The molecule has 1 aromatic carbocycles. The third-order valence-electron chi connectivity index (χ3n) is 3.85. The van der Waals surface area contributed by atoms with Crippen molar-refractivity contribution in [2.24, 2.45) is 0 Å². The van der Waals surface area contributed by atoms with Gasteiger partial charge < -0.3 is 10.0 Å². The quantitative estimate of drug-likeness (QED) is 0.886. The minimum Gasteiger partial charge on any atom is -0.389 e. The van der Waals surface area contributed by atoms with Gasteiger partial charge in [0.05, 0.1) is 11.8 Å². The molecule has 0 aliphatic carbocycles. The van der Waals surface area contributed by atoms with Crippen LogP contribution < -0.4 is 4.90 Å². The summed E-state index contributed by atoms with van der Waals surface area (Å²) >= 11 is 0. The average Bonchev–Trinajstić information content (AvgIpc) is 2.38. The Labute approximate surface area is 108 Å². The largest absolute Gasteiger partial charge is 0.389 e. The van der Waals surface area contributed by atoms with Crippen molar-refractivity contribution in [1.29, 1.82) is 0 Å². The summed E-state index contributed by atoms with van der Waals surface area (Å²) in [5.41, 5.74) is 1.31. The van der Waals surface area contributed by atoms with Crippen molar-refractivity contribution in [2.45, 2.75) is 51.7 Å². The highest BCUT2D eigenvalue weighted by atomic mass is 19.1. The minimum atomic E-state index is -0.630. The van der Waals surface area contributed by atoms with Crippen LogP contribution in [0.5, 0.6) is 0 Å². The highest BCUT2D eigenvalue weighted by Gasteiger charge is 2.26. The summed E-state index contributed by atoms with van der Waals surface area (Å²) in [5, 5.41) is 9.83. The van der Waals surface area contributed by atoms with Gasteiger partial charge in [0.15, 0.2) is 0 Å². The van der Waals surface area contributed by atoms with Crippen molar-refractivity contribution in [3.8, 4) is 0 Å². The second-order valence-corrected chi connectivity index (χ2v) is 5.10. The molecule has 1 saturated heterocycles. The van der Waals surface area contributed by atoms with E-state index in [9.17, 15) is 9.50 Å². The standard InChI is InChI=1S/C15H22FNO/c1-3-12-7-4-5-10-17(12)15-13(11(2)18)8-6-9-14(15)16/h6,8-9,11-12,18H,3-5,7,10H2,1-2H3/t11-,12?/m0/s1. The Morgan fingerprint density at radius 1 is 1.44 bits per heavy atom. The fourth-order valence-corrected chi connectivity index (χ4v) is 2.89. The molecule has 2 atom stereocenters. The lowest BCUT2D eigenvalue weighted by Gasteiger charge is -2.38. The van der Waals surface area contributed by atoms with E-state index in [2.05, 4.69) is 11.8 Å². The van der Waals surface area contributed by atoms with Crippen LogP contribution >= 0.6 is 0 Å². The van der Waals surface area contributed by atoms with Gasteiger partial charge in [-0.25, -0.2) is 4.39 Å². The number of para-hydroxylation sites is 1. The first kappa shape index (κ1) is 13.3. The van der Waals surface area contributed by atoms with Crippen LogP contribution in [0.25, 0.3) is 0 Å². The summed E-state index contributed by atoms with van der Waals surface area (Å²) in [6, 6.07) is 5.38. The number of anilines is 1. The van der Waals surface area contributed by atoms with Crippen molar-refractivity contribution < 1.29 is 9.50 Å². The Bertz CT molecular complexity index is 405. The van der Waals surface area contributed by atoms with Crippen molar-refractivity contribution in [3.05, 3.63) is 29.6 Å². The molecule has 2 nitrogen and oxygen atoms in total. The van der Waals surface area contributed by atoms with Crippen molar-refractivity contribution >= 4 is 5.69 Å². The van der Waals surface area contributed by atoms with Crippen molar-refractivity contribution in [2.75, 3.05) is 11.4 Å². The summed E-state index contributed by atoms with van der Waals surface area (Å²) in [6.45, 7) is 4.73. The first-order valence-electron chi connectivity index (χ1n) is 6.88. The molecule has 1 N–H and O–H groups in total. The molecule has 3 heteroatoms. The van der Waals surface area contributed by atoms with Crippen molar-refractivity contribution in [1.82, 2.24) is 0 Å². The molecule has 0 amide bonds. The molecule has 1 aliphatic heterocycles. The van der Waals surface area contributed by atoms with E-state index in [1.807, 2.05) is 6.07 Å². The first-order chi connectivity index (χ1) is 8.65. The number of piperidine rings is 1. The van der Waals surface area contributed by atoms with Gasteiger partial charge in [-0.3, -0.25) is 0 Å². The number of hydrogen-bond donors (Lipinski definition) is 1. The Balaban J connectivity index is 2.41. The summed E-state index contributed by atoms with van der Waals surface area (Å²) in [4.78, 5) is 2.15. The fourth-order valence-electron chi connectivity index (χ4n) is 2.89. The summed E-state index contributed by atoms with van der Waals surface area (Å²) < 4.78 is 14.2. The van der Waals surface area contributed by atoms with Gasteiger partial charge in [-0.2, -0.15) is 0 Å². The number of rotatable bonds is 3. The molecular weight excluding hydrogens is 229 g/mol. The van der Waals surface area contributed by atoms with Crippen LogP contribution in [0.1, 0.15) is 51.2 Å². The lowest BCUT2D eigenvalue weighted by Crippen LogP contribution is -2.40. The zero-order valence-electron chi connectivity index (χ0n) is 11.2. The number of nitrogens with zero attached hydrogens (tertiary/aromatic N) is 1. The predicted molar refractivity (Wildman–Crippen MR) is 72.3 cm³/mol. The van der Waals surface area contributed by atoms with Gasteiger partial charge in [0.1, 0.15) is 5.82 Å². The second-order valence-electron chi connectivity index (χ2n) is 5.10. The van der Waals surface area contributed by atoms with Gasteiger partial charge in [0.2, 0.25) is 0 Å². The van der Waals surface area contributed by atoms with E-state index < -0.39 is 6.10 Å². The van der Waals surface area contributed by atoms with Gasteiger partial charge in [0.25, 0.3) is 0 Å². The number of aliphatic hydroxyl groups is 1. The Kier molecular flexibility index (Phi) is 4.23. The summed E-state index contributed by atoms with van der Waals surface area (Å²) in [5.74, 6) is -0.214. The highest BCUT2D eigenvalue weighted by molar-refractivity contribution is 5.56. The summed E-state index contributed by atoms with van der Waals surface area (Å²) in [6.07, 6.45) is 3.82. The Hall–Kier alpha value is -1.09.